The lowest BCUT2D eigenvalue weighted by molar-refractivity contribution is -0.121. The number of halogens is 2. The Bertz CT molecular complexity index is 686. The van der Waals surface area contributed by atoms with Crippen LogP contribution in [0.25, 0.3) is 0 Å². The Morgan fingerprint density at radius 3 is 2.74 bits per heavy atom. The number of nitrogens with one attached hydrogen (secondary N) is 1. The standard InChI is InChI=1S/C16H18F2N4O/c1-22-10-12(20-21-22)7-8-14(23)19-9-13-15(16(13,17)18)11-5-3-2-4-6-11/h2-6,10,13,15H,7-9H2,1H3,(H,19,23)/t13-,15-/m1/s1. The van der Waals surface area contributed by atoms with Crippen LogP contribution in [0, 0.1) is 5.92 Å². The smallest absolute Gasteiger partial charge is 0.260 e. The van der Waals surface area contributed by atoms with Crippen LogP contribution in [0.4, 0.5) is 8.78 Å². The molecule has 3 rings (SSSR count). The number of nitrogens with zero attached hydrogens (tertiary/aromatic N) is 3. The van der Waals surface area contributed by atoms with Gasteiger partial charge in [0.05, 0.1) is 17.5 Å². The van der Waals surface area contributed by atoms with E-state index in [0.717, 1.165) is 0 Å². The van der Waals surface area contributed by atoms with Crippen molar-refractivity contribution < 1.29 is 13.6 Å². The van der Waals surface area contributed by atoms with Gasteiger partial charge in [0.2, 0.25) is 5.91 Å². The van der Waals surface area contributed by atoms with Gasteiger partial charge in [-0.2, -0.15) is 0 Å². The molecule has 2 aromatic rings. The first-order valence-electron chi connectivity index (χ1n) is 7.53. The number of aromatic nitrogens is 3. The SMILES string of the molecule is Cn1cc(CCC(=O)NC[C@@H]2[C@@H](c3ccccc3)C2(F)F)nn1. The van der Waals surface area contributed by atoms with Crippen LogP contribution < -0.4 is 5.32 Å². The molecular weight excluding hydrogens is 302 g/mol. The minimum absolute atomic E-state index is 0.00807. The summed E-state index contributed by atoms with van der Waals surface area (Å²) in [5.41, 5.74) is 1.33. The number of aryl methyl sites for hydroxylation is 2. The fraction of sp³-hybridized carbons (Fsp3) is 0.438. The third-order valence-corrected chi connectivity index (χ3v) is 4.14. The molecule has 0 bridgehead atoms. The number of hydrogen-bond donors (Lipinski definition) is 1. The topological polar surface area (TPSA) is 59.8 Å². The van der Waals surface area contributed by atoms with Crippen LogP contribution in [0.3, 0.4) is 0 Å². The number of amides is 1. The number of carbonyl (C=O) groups is 1. The van der Waals surface area contributed by atoms with Crippen LogP contribution >= 0.6 is 0 Å². The molecule has 2 atom stereocenters. The zero-order valence-corrected chi connectivity index (χ0v) is 12.7. The van der Waals surface area contributed by atoms with Gasteiger partial charge in [-0.15, -0.1) is 5.10 Å². The lowest BCUT2D eigenvalue weighted by Gasteiger charge is -2.03. The number of benzene rings is 1. The maximum atomic E-state index is 13.9. The second-order valence-corrected chi connectivity index (χ2v) is 5.86. The van der Waals surface area contributed by atoms with Gasteiger partial charge >= 0.3 is 0 Å². The van der Waals surface area contributed by atoms with Gasteiger partial charge in [0.25, 0.3) is 5.92 Å². The summed E-state index contributed by atoms with van der Waals surface area (Å²) in [7, 11) is 1.75. The predicted molar refractivity (Wildman–Crippen MR) is 80.0 cm³/mol. The first-order chi connectivity index (χ1) is 11.0. The summed E-state index contributed by atoms with van der Waals surface area (Å²) < 4.78 is 29.3. The van der Waals surface area contributed by atoms with Crippen molar-refractivity contribution in [3.05, 3.63) is 47.8 Å². The van der Waals surface area contributed by atoms with E-state index in [0.29, 0.717) is 17.7 Å². The molecule has 0 aliphatic heterocycles. The fourth-order valence-corrected chi connectivity index (χ4v) is 2.82. The summed E-state index contributed by atoms with van der Waals surface area (Å²) in [4.78, 5) is 11.8. The van der Waals surface area contributed by atoms with Crippen molar-refractivity contribution in [2.45, 2.75) is 24.7 Å². The Kier molecular flexibility index (Phi) is 4.11. The van der Waals surface area contributed by atoms with Crippen LogP contribution in [0.15, 0.2) is 36.5 Å². The van der Waals surface area contributed by atoms with Crippen molar-refractivity contribution in [3.63, 3.8) is 0 Å². The van der Waals surface area contributed by atoms with Gasteiger partial charge in [0, 0.05) is 32.6 Å². The van der Waals surface area contributed by atoms with Gasteiger partial charge in [-0.1, -0.05) is 35.5 Å². The van der Waals surface area contributed by atoms with E-state index in [-0.39, 0.29) is 18.9 Å². The van der Waals surface area contributed by atoms with Gasteiger partial charge in [-0.25, -0.2) is 8.78 Å². The van der Waals surface area contributed by atoms with E-state index in [1.54, 1.807) is 48.3 Å². The highest BCUT2D eigenvalue weighted by atomic mass is 19.3. The number of carbonyl (C=O) groups excluding carboxylic acids is 1. The molecule has 0 saturated heterocycles. The molecule has 1 amide bonds. The fourth-order valence-electron chi connectivity index (χ4n) is 2.82. The third kappa shape index (κ3) is 3.38. The molecule has 1 saturated carbocycles. The molecule has 5 nitrogen and oxygen atoms in total. The van der Waals surface area contributed by atoms with Crippen LogP contribution in [0.5, 0.6) is 0 Å². The summed E-state index contributed by atoms with van der Waals surface area (Å²) in [5, 5.41) is 10.3. The summed E-state index contributed by atoms with van der Waals surface area (Å²) in [5.74, 6) is -4.63. The minimum Gasteiger partial charge on any atom is -0.356 e. The Morgan fingerprint density at radius 1 is 1.35 bits per heavy atom. The van der Waals surface area contributed by atoms with Crippen LogP contribution in [0.2, 0.25) is 0 Å². The van der Waals surface area contributed by atoms with E-state index in [2.05, 4.69) is 15.6 Å². The van der Waals surface area contributed by atoms with Crippen LogP contribution in [0.1, 0.15) is 23.6 Å². The Morgan fingerprint density at radius 2 is 2.09 bits per heavy atom. The molecule has 0 radical (unpaired) electrons. The molecule has 0 unspecified atom stereocenters. The molecule has 1 aliphatic carbocycles. The summed E-state index contributed by atoms with van der Waals surface area (Å²) in [6.45, 7) is -0.00807. The molecule has 1 heterocycles. The molecule has 0 spiro atoms. The first-order valence-corrected chi connectivity index (χ1v) is 7.53. The maximum absolute atomic E-state index is 13.9. The van der Waals surface area contributed by atoms with Gasteiger partial charge in [0.15, 0.2) is 0 Å². The van der Waals surface area contributed by atoms with Crippen LogP contribution in [-0.4, -0.2) is 33.4 Å². The van der Waals surface area contributed by atoms with Crippen LogP contribution in [-0.2, 0) is 18.3 Å². The van der Waals surface area contributed by atoms with Gasteiger partial charge in [-0.3, -0.25) is 9.48 Å². The molecule has 1 aliphatic rings. The van der Waals surface area contributed by atoms with Gasteiger partial charge in [-0.05, 0) is 5.56 Å². The van der Waals surface area contributed by atoms with Crippen molar-refractivity contribution in [1.29, 1.82) is 0 Å². The van der Waals surface area contributed by atoms with E-state index in [4.69, 9.17) is 0 Å². The van der Waals surface area contributed by atoms with Gasteiger partial charge in [0.1, 0.15) is 0 Å². The minimum atomic E-state index is -2.75. The highest BCUT2D eigenvalue weighted by Gasteiger charge is 2.68. The highest BCUT2D eigenvalue weighted by Crippen LogP contribution is 2.61. The summed E-state index contributed by atoms with van der Waals surface area (Å²) >= 11 is 0. The first kappa shape index (κ1) is 15.6. The zero-order chi connectivity index (χ0) is 16.4. The Labute approximate surface area is 132 Å². The average Bonchev–Trinajstić information content (AvgIpc) is 2.85. The van der Waals surface area contributed by atoms with Crippen molar-refractivity contribution in [2.75, 3.05) is 6.54 Å². The monoisotopic (exact) mass is 320 g/mol. The number of hydrogen-bond acceptors (Lipinski definition) is 3. The van der Waals surface area contributed by atoms with Crippen molar-refractivity contribution in [1.82, 2.24) is 20.3 Å². The number of rotatable bonds is 6. The quantitative estimate of drug-likeness (QED) is 0.884. The molecule has 1 aromatic carbocycles. The van der Waals surface area contributed by atoms with E-state index in [9.17, 15) is 13.6 Å². The molecular formula is C16H18F2N4O. The third-order valence-electron chi connectivity index (χ3n) is 4.14. The molecule has 23 heavy (non-hydrogen) atoms. The van der Waals surface area contributed by atoms with E-state index >= 15 is 0 Å². The second kappa shape index (κ2) is 6.06. The Balaban J connectivity index is 1.47. The Hall–Kier alpha value is -2.31. The lowest BCUT2D eigenvalue weighted by Crippen LogP contribution is -2.27. The highest BCUT2D eigenvalue weighted by molar-refractivity contribution is 5.76. The van der Waals surface area contributed by atoms with E-state index in [1.165, 1.54) is 0 Å². The van der Waals surface area contributed by atoms with E-state index < -0.39 is 17.8 Å². The maximum Gasteiger partial charge on any atom is 0.260 e. The summed E-state index contributed by atoms with van der Waals surface area (Å²) in [6.07, 6.45) is 2.39. The molecule has 1 aromatic heterocycles. The van der Waals surface area contributed by atoms with E-state index in [1.807, 2.05) is 0 Å². The predicted octanol–water partition coefficient (Wildman–Crippen LogP) is 1.91. The zero-order valence-electron chi connectivity index (χ0n) is 12.7. The normalized spacial score (nSPS) is 21.9. The van der Waals surface area contributed by atoms with Gasteiger partial charge < -0.3 is 5.32 Å². The summed E-state index contributed by atoms with van der Waals surface area (Å²) in [6, 6.07) is 8.71. The largest absolute Gasteiger partial charge is 0.356 e. The van der Waals surface area contributed by atoms with Crippen molar-refractivity contribution in [3.8, 4) is 0 Å². The molecule has 1 N–H and O–H groups in total. The molecule has 1 fully saturated rings. The molecule has 7 heteroatoms. The number of alkyl halides is 2. The lowest BCUT2D eigenvalue weighted by atomic mass is 10.1. The van der Waals surface area contributed by atoms with Crippen molar-refractivity contribution >= 4 is 5.91 Å². The second-order valence-electron chi connectivity index (χ2n) is 5.86. The van der Waals surface area contributed by atoms with Crippen molar-refractivity contribution in [2.24, 2.45) is 13.0 Å². The molecule has 122 valence electrons. The average molecular weight is 320 g/mol.